The number of aryl methyl sites for hydroxylation is 1. The first-order valence-corrected chi connectivity index (χ1v) is 13.7. The Balaban J connectivity index is 1.84. The molecule has 8 heteroatoms. The summed E-state index contributed by atoms with van der Waals surface area (Å²) in [4.78, 5) is 13.6. The summed E-state index contributed by atoms with van der Waals surface area (Å²) in [7, 11) is 0. The van der Waals surface area contributed by atoms with Gasteiger partial charge in [-0.2, -0.15) is 0 Å². The van der Waals surface area contributed by atoms with Crippen LogP contribution in [0, 0.1) is 18.6 Å². The molecule has 214 valence electrons. The van der Waals surface area contributed by atoms with Gasteiger partial charge in [0, 0.05) is 15.8 Å². The molecule has 0 aromatic heterocycles. The quantitative estimate of drug-likeness (QED) is 0.127. The Hall–Kier alpha value is -4.62. The van der Waals surface area contributed by atoms with Gasteiger partial charge < -0.3 is 18.9 Å². The van der Waals surface area contributed by atoms with Crippen molar-refractivity contribution in [2.75, 3.05) is 0 Å². The van der Waals surface area contributed by atoms with Crippen LogP contribution >= 0.6 is 11.6 Å². The lowest BCUT2D eigenvalue weighted by molar-refractivity contribution is 0.0731. The largest absolute Gasteiger partial charge is 0.486 e. The average molecular weight is 589 g/mol. The van der Waals surface area contributed by atoms with Gasteiger partial charge in [0.25, 0.3) is 0 Å². The minimum Gasteiger partial charge on any atom is -0.486 e. The first-order valence-electron chi connectivity index (χ1n) is 13.3. The molecular formula is C34H27ClF2O5. The molecule has 0 amide bonds. The van der Waals surface area contributed by atoms with Gasteiger partial charge >= 0.3 is 5.97 Å². The van der Waals surface area contributed by atoms with Crippen molar-refractivity contribution in [3.8, 4) is 34.5 Å². The van der Waals surface area contributed by atoms with Crippen LogP contribution in [0.2, 0.25) is 5.02 Å². The molecular weight excluding hydrogens is 562 g/mol. The average Bonchev–Trinajstić information content (AvgIpc) is 2.98. The normalized spacial score (nSPS) is 11.7. The molecule has 1 unspecified atom stereocenters. The molecule has 0 saturated carbocycles. The van der Waals surface area contributed by atoms with Crippen molar-refractivity contribution in [2.45, 2.75) is 33.3 Å². The molecule has 0 N–H and O–H groups in total. The van der Waals surface area contributed by atoms with E-state index in [1.807, 2.05) is 13.8 Å². The minimum atomic E-state index is -0.694. The highest BCUT2D eigenvalue weighted by Gasteiger charge is 2.30. The highest BCUT2D eigenvalue weighted by Crippen LogP contribution is 2.55. The molecule has 0 aliphatic rings. The Morgan fingerprint density at radius 2 is 1.33 bits per heavy atom. The fourth-order valence-electron chi connectivity index (χ4n) is 4.27. The summed E-state index contributed by atoms with van der Waals surface area (Å²) >= 11 is 6.42. The predicted molar refractivity (Wildman–Crippen MR) is 158 cm³/mol. The number of fused-ring (bicyclic) bond motifs is 1. The second kappa shape index (κ2) is 12.5. The molecule has 0 fully saturated rings. The molecule has 1 atom stereocenters. The molecule has 5 rings (SSSR count). The maximum absolute atomic E-state index is 15.0. The number of carbonyl (C=O) groups excluding carboxylic acids is 1. The summed E-state index contributed by atoms with van der Waals surface area (Å²) in [5.74, 6) is -2.58. The number of ether oxygens (including phenoxy) is 4. The minimum absolute atomic E-state index is 0.105. The number of halogens is 3. The van der Waals surface area contributed by atoms with E-state index in [9.17, 15) is 13.6 Å². The van der Waals surface area contributed by atoms with E-state index < -0.39 is 17.6 Å². The molecule has 5 nitrogen and oxygen atoms in total. The number of rotatable bonds is 9. The molecule has 0 radical (unpaired) electrons. The third-order valence-electron chi connectivity index (χ3n) is 6.64. The van der Waals surface area contributed by atoms with Crippen molar-refractivity contribution in [2.24, 2.45) is 0 Å². The zero-order valence-electron chi connectivity index (χ0n) is 23.1. The van der Waals surface area contributed by atoms with E-state index >= 15 is 0 Å². The molecule has 42 heavy (non-hydrogen) atoms. The van der Waals surface area contributed by atoms with E-state index in [4.69, 9.17) is 30.5 Å². The molecule has 5 aromatic rings. The van der Waals surface area contributed by atoms with Gasteiger partial charge in [0.05, 0.1) is 11.7 Å². The monoisotopic (exact) mass is 588 g/mol. The SMILES string of the molecule is CCC(C)Oc1c(Oc2ccccc2F)c(Oc2ccccc2F)c(OC(=O)c2ccccc2C)c2cc(Cl)ccc12. The summed E-state index contributed by atoms with van der Waals surface area (Å²) in [5.41, 5.74) is 0.988. The zero-order chi connectivity index (χ0) is 29.8. The smallest absolute Gasteiger partial charge is 0.343 e. The number of benzene rings is 5. The van der Waals surface area contributed by atoms with Crippen LogP contribution in [-0.2, 0) is 0 Å². The fourth-order valence-corrected chi connectivity index (χ4v) is 4.44. The Morgan fingerprint density at radius 1 is 0.762 bits per heavy atom. The number of carbonyl (C=O) groups is 1. The van der Waals surface area contributed by atoms with E-state index in [0.717, 1.165) is 0 Å². The van der Waals surface area contributed by atoms with Crippen molar-refractivity contribution in [3.63, 3.8) is 0 Å². The van der Waals surface area contributed by atoms with E-state index in [2.05, 4.69) is 0 Å². The van der Waals surface area contributed by atoms with Gasteiger partial charge in [-0.15, -0.1) is 0 Å². The number of hydrogen-bond donors (Lipinski definition) is 0. The van der Waals surface area contributed by atoms with Gasteiger partial charge in [-0.05, 0) is 74.4 Å². The number of esters is 1. The van der Waals surface area contributed by atoms with Crippen LogP contribution in [0.15, 0.2) is 91.0 Å². The third-order valence-corrected chi connectivity index (χ3v) is 6.88. The number of hydrogen-bond acceptors (Lipinski definition) is 5. The fraction of sp³-hybridized carbons (Fsp3) is 0.147. The first-order chi connectivity index (χ1) is 20.3. The van der Waals surface area contributed by atoms with Crippen LogP contribution in [-0.4, -0.2) is 12.1 Å². The predicted octanol–water partition coefficient (Wildman–Crippen LogP) is 10.1. The van der Waals surface area contributed by atoms with Crippen molar-refractivity contribution in [1.29, 1.82) is 0 Å². The van der Waals surface area contributed by atoms with Crippen LogP contribution in [0.4, 0.5) is 8.78 Å². The summed E-state index contributed by atoms with van der Waals surface area (Å²) in [6, 6.07) is 23.3. The molecule has 0 heterocycles. The van der Waals surface area contributed by atoms with E-state index in [1.54, 1.807) is 61.5 Å². The van der Waals surface area contributed by atoms with Gasteiger partial charge in [-0.3, -0.25) is 0 Å². The molecule has 5 aromatic carbocycles. The molecule has 0 bridgehead atoms. The van der Waals surface area contributed by atoms with Crippen LogP contribution in [0.5, 0.6) is 34.5 Å². The zero-order valence-corrected chi connectivity index (χ0v) is 23.9. The van der Waals surface area contributed by atoms with E-state index in [0.29, 0.717) is 33.3 Å². The van der Waals surface area contributed by atoms with Crippen LogP contribution in [0.1, 0.15) is 36.2 Å². The lowest BCUT2D eigenvalue weighted by Gasteiger charge is -2.24. The topological polar surface area (TPSA) is 54.0 Å². The molecule has 0 spiro atoms. The Bertz CT molecular complexity index is 1770. The maximum Gasteiger partial charge on any atom is 0.343 e. The lowest BCUT2D eigenvalue weighted by atomic mass is 10.1. The maximum atomic E-state index is 15.0. The van der Waals surface area contributed by atoms with Crippen molar-refractivity contribution in [1.82, 2.24) is 0 Å². The summed E-state index contributed by atoms with van der Waals surface area (Å²) in [6.45, 7) is 5.58. The lowest BCUT2D eigenvalue weighted by Crippen LogP contribution is -2.14. The first kappa shape index (κ1) is 28.9. The number of para-hydroxylation sites is 2. The second-order valence-corrected chi connectivity index (χ2v) is 10.0. The molecule has 0 aliphatic heterocycles. The summed E-state index contributed by atoms with van der Waals surface area (Å²) in [6.07, 6.45) is 0.315. The van der Waals surface area contributed by atoms with E-state index in [1.165, 1.54) is 36.4 Å². The Kier molecular flexibility index (Phi) is 8.59. The van der Waals surface area contributed by atoms with Crippen LogP contribution < -0.4 is 18.9 Å². The summed E-state index contributed by atoms with van der Waals surface area (Å²) in [5, 5.41) is 1.14. The second-order valence-electron chi connectivity index (χ2n) is 9.61. The van der Waals surface area contributed by atoms with Gasteiger partial charge in [-0.1, -0.05) is 61.0 Å². The van der Waals surface area contributed by atoms with Crippen molar-refractivity contribution >= 4 is 28.3 Å². The van der Waals surface area contributed by atoms with Crippen LogP contribution in [0.25, 0.3) is 10.8 Å². The Morgan fingerprint density at radius 3 is 1.93 bits per heavy atom. The highest BCUT2D eigenvalue weighted by molar-refractivity contribution is 6.31. The van der Waals surface area contributed by atoms with Crippen molar-refractivity contribution in [3.05, 3.63) is 119 Å². The van der Waals surface area contributed by atoms with Crippen molar-refractivity contribution < 1.29 is 32.5 Å². The van der Waals surface area contributed by atoms with Crippen LogP contribution in [0.3, 0.4) is 0 Å². The third kappa shape index (κ3) is 6.02. The standard InChI is InChI=1S/C34H27ClF2O5/c1-4-21(3)39-30-24-18-17-22(35)19-25(24)31(42-34(38)23-12-6-5-11-20(23)2)33(41-29-16-10-8-14-27(29)37)32(30)40-28-15-9-7-13-26(28)36/h5-19,21H,4H2,1-3H3. The van der Waals surface area contributed by atoms with Gasteiger partial charge in [0.15, 0.2) is 34.6 Å². The van der Waals surface area contributed by atoms with Gasteiger partial charge in [0.2, 0.25) is 11.5 Å². The molecule has 0 saturated heterocycles. The molecule has 0 aliphatic carbocycles. The Labute approximate surface area is 247 Å². The van der Waals surface area contributed by atoms with Gasteiger partial charge in [-0.25, -0.2) is 13.6 Å². The summed E-state index contributed by atoms with van der Waals surface area (Å²) < 4.78 is 54.5. The highest BCUT2D eigenvalue weighted by atomic mass is 35.5. The van der Waals surface area contributed by atoms with Gasteiger partial charge in [0.1, 0.15) is 0 Å². The van der Waals surface area contributed by atoms with E-state index in [-0.39, 0.29) is 40.6 Å².